The number of carbonyl (C=O) groups is 1. The lowest BCUT2D eigenvalue weighted by atomic mass is 9.74. The number of nitrogens with zero attached hydrogens (tertiary/aromatic N) is 2. The minimum atomic E-state index is -1.20. The van der Waals surface area contributed by atoms with Gasteiger partial charge in [-0.3, -0.25) is 9.69 Å². The normalized spacial score (nSPS) is 28.4. The first-order valence-electron chi connectivity index (χ1n) is 11.2. The van der Waals surface area contributed by atoms with Crippen LogP contribution in [-0.2, 0) is 15.1 Å². The molecule has 8 heteroatoms. The van der Waals surface area contributed by atoms with E-state index >= 15 is 0 Å². The van der Waals surface area contributed by atoms with Crippen LogP contribution in [0.25, 0.3) is 11.1 Å². The molecule has 5 rings (SSSR count). The Morgan fingerprint density at radius 3 is 2.64 bits per heavy atom. The van der Waals surface area contributed by atoms with Crippen molar-refractivity contribution in [3.05, 3.63) is 47.8 Å². The molecule has 0 bridgehead atoms. The van der Waals surface area contributed by atoms with Crippen LogP contribution in [0.4, 0.5) is 10.1 Å². The number of guanidine groups is 1. The molecule has 1 saturated heterocycles. The van der Waals surface area contributed by atoms with Crippen LogP contribution in [-0.4, -0.2) is 42.1 Å². The number of anilines is 1. The molecule has 3 aliphatic rings. The van der Waals surface area contributed by atoms with Gasteiger partial charge in [0.2, 0.25) is 0 Å². The third kappa shape index (κ3) is 3.53. The maximum absolute atomic E-state index is 14.6. The first-order chi connectivity index (χ1) is 15.6. The molecular weight excluding hydrogens is 423 g/mol. The van der Waals surface area contributed by atoms with Crippen LogP contribution in [0.3, 0.4) is 0 Å². The lowest BCUT2D eigenvalue weighted by molar-refractivity contribution is -0.134. The quantitative estimate of drug-likeness (QED) is 0.680. The van der Waals surface area contributed by atoms with E-state index in [-0.39, 0.29) is 29.5 Å². The first kappa shape index (κ1) is 21.7. The van der Waals surface area contributed by atoms with Crippen molar-refractivity contribution < 1.29 is 18.7 Å². The highest BCUT2D eigenvalue weighted by Gasteiger charge is 2.55. The van der Waals surface area contributed by atoms with Crippen LogP contribution < -0.4 is 16.2 Å². The van der Waals surface area contributed by atoms with Gasteiger partial charge >= 0.3 is 0 Å². The number of nitrogens with two attached hydrogens (primary N) is 2. The summed E-state index contributed by atoms with van der Waals surface area (Å²) in [6, 6.07) is 9.80. The molecule has 2 aromatic carbocycles. The molecule has 7 nitrogen and oxygen atoms in total. The number of amides is 1. The van der Waals surface area contributed by atoms with E-state index < -0.39 is 11.4 Å². The lowest BCUT2D eigenvalue weighted by Crippen LogP contribution is -2.49. The number of hydrogen-bond donors (Lipinski definition) is 2. The average Bonchev–Trinajstić information content (AvgIpc) is 2.98. The standard InChI is InChI=1S/C25H29FN4O3/c1-24(2)12-15(8-9-32-24)21-13-25(22(31)30(3)23(28)29-25)18-10-14(4-7-20(18)33-21)17-11-16(27)5-6-19(17)26/h4-7,10-11,15,21H,8-9,12-13,27H2,1-3H3,(H2,28,29). The number of halogens is 1. The molecule has 1 spiro atoms. The smallest absolute Gasteiger partial charge is 0.261 e. The largest absolute Gasteiger partial charge is 0.490 e. The van der Waals surface area contributed by atoms with Gasteiger partial charge in [0.25, 0.3) is 5.91 Å². The van der Waals surface area contributed by atoms with E-state index in [1.54, 1.807) is 31.3 Å². The Morgan fingerprint density at radius 1 is 1.15 bits per heavy atom. The van der Waals surface area contributed by atoms with Crippen LogP contribution in [0.2, 0.25) is 0 Å². The second-order valence-electron chi connectivity index (χ2n) is 9.87. The van der Waals surface area contributed by atoms with Gasteiger partial charge in [0.15, 0.2) is 11.5 Å². The van der Waals surface area contributed by atoms with Gasteiger partial charge < -0.3 is 20.9 Å². The summed E-state index contributed by atoms with van der Waals surface area (Å²) in [6.45, 7) is 4.79. The first-order valence-corrected chi connectivity index (χ1v) is 11.2. The molecule has 2 aromatic rings. The van der Waals surface area contributed by atoms with Crippen molar-refractivity contribution in [1.29, 1.82) is 0 Å². The molecule has 0 radical (unpaired) electrons. The van der Waals surface area contributed by atoms with Gasteiger partial charge in [-0.1, -0.05) is 6.07 Å². The second kappa shape index (κ2) is 7.45. The van der Waals surface area contributed by atoms with Crippen LogP contribution in [0, 0.1) is 11.7 Å². The molecule has 0 saturated carbocycles. The highest BCUT2D eigenvalue weighted by molar-refractivity contribution is 6.07. The number of aliphatic imine (C=N–C) groups is 1. The lowest BCUT2D eigenvalue weighted by Gasteiger charge is -2.44. The maximum atomic E-state index is 14.6. The van der Waals surface area contributed by atoms with E-state index in [0.29, 0.717) is 41.2 Å². The fourth-order valence-electron chi connectivity index (χ4n) is 5.36. The van der Waals surface area contributed by atoms with Gasteiger partial charge in [-0.2, -0.15) is 0 Å². The van der Waals surface area contributed by atoms with Crippen molar-refractivity contribution in [2.24, 2.45) is 16.6 Å². The molecule has 33 heavy (non-hydrogen) atoms. The molecule has 3 aliphatic heterocycles. The molecule has 174 valence electrons. The van der Waals surface area contributed by atoms with Crippen molar-refractivity contribution in [2.75, 3.05) is 19.4 Å². The zero-order valence-corrected chi connectivity index (χ0v) is 19.1. The summed E-state index contributed by atoms with van der Waals surface area (Å²) in [5.74, 6) is 0.351. The fourth-order valence-corrected chi connectivity index (χ4v) is 5.36. The number of likely N-dealkylation sites (N-methyl/N-ethyl adjacent to an activating group) is 1. The van der Waals surface area contributed by atoms with E-state index in [1.165, 1.54) is 17.0 Å². The summed E-state index contributed by atoms with van der Waals surface area (Å²) < 4.78 is 27.0. The number of nitrogen functional groups attached to an aromatic ring is 1. The summed E-state index contributed by atoms with van der Waals surface area (Å²) >= 11 is 0. The monoisotopic (exact) mass is 452 g/mol. The SMILES string of the molecule is CN1C(=O)C2(CC(C3CCOC(C)(C)C3)Oc3ccc(-c4cc(N)ccc4F)cc32)N=C1N. The van der Waals surface area contributed by atoms with E-state index in [9.17, 15) is 9.18 Å². The molecule has 1 fully saturated rings. The number of hydrogen-bond acceptors (Lipinski definition) is 6. The Labute approximate surface area is 192 Å². The molecule has 3 atom stereocenters. The topological polar surface area (TPSA) is 103 Å². The third-order valence-corrected chi connectivity index (χ3v) is 7.07. The van der Waals surface area contributed by atoms with Crippen molar-refractivity contribution in [2.45, 2.75) is 50.4 Å². The van der Waals surface area contributed by atoms with Gasteiger partial charge in [0, 0.05) is 42.8 Å². The van der Waals surface area contributed by atoms with Crippen molar-refractivity contribution in [3.63, 3.8) is 0 Å². The van der Waals surface area contributed by atoms with Crippen LogP contribution in [0.1, 0.15) is 38.7 Å². The average molecular weight is 453 g/mol. The Morgan fingerprint density at radius 2 is 1.94 bits per heavy atom. The number of rotatable bonds is 2. The summed E-state index contributed by atoms with van der Waals surface area (Å²) in [7, 11) is 1.62. The number of carbonyl (C=O) groups excluding carboxylic acids is 1. The highest BCUT2D eigenvalue weighted by Crippen LogP contribution is 2.50. The van der Waals surface area contributed by atoms with Crippen LogP contribution in [0.15, 0.2) is 41.4 Å². The zero-order valence-electron chi connectivity index (χ0n) is 19.1. The third-order valence-electron chi connectivity index (χ3n) is 7.07. The van der Waals surface area contributed by atoms with E-state index in [1.807, 2.05) is 0 Å². The predicted molar refractivity (Wildman–Crippen MR) is 124 cm³/mol. The van der Waals surface area contributed by atoms with Crippen LogP contribution in [0.5, 0.6) is 5.75 Å². The predicted octanol–water partition coefficient (Wildman–Crippen LogP) is 3.41. The van der Waals surface area contributed by atoms with Gasteiger partial charge in [0.05, 0.1) is 5.60 Å². The Kier molecular flexibility index (Phi) is 4.90. The van der Waals surface area contributed by atoms with Crippen molar-refractivity contribution in [3.8, 4) is 16.9 Å². The van der Waals surface area contributed by atoms with Crippen molar-refractivity contribution in [1.82, 2.24) is 4.90 Å². The summed E-state index contributed by atoms with van der Waals surface area (Å²) in [6.07, 6.45) is 1.81. The molecule has 0 aliphatic carbocycles. The van der Waals surface area contributed by atoms with Crippen LogP contribution >= 0.6 is 0 Å². The molecule has 4 N–H and O–H groups in total. The van der Waals surface area contributed by atoms with Gasteiger partial charge in [0.1, 0.15) is 17.7 Å². The second-order valence-corrected chi connectivity index (χ2v) is 9.87. The Bertz CT molecular complexity index is 1160. The van der Waals surface area contributed by atoms with E-state index in [2.05, 4.69) is 18.8 Å². The Hall–Kier alpha value is -3.13. The molecule has 3 unspecified atom stereocenters. The number of ether oxygens (including phenoxy) is 2. The molecular formula is C25H29FN4O3. The molecule has 0 aromatic heterocycles. The van der Waals surface area contributed by atoms with Crippen molar-refractivity contribution >= 4 is 17.6 Å². The Balaban J connectivity index is 1.62. The summed E-state index contributed by atoms with van der Waals surface area (Å²) in [4.78, 5) is 19.6. The summed E-state index contributed by atoms with van der Waals surface area (Å²) in [5.41, 5.74) is 12.6. The van der Waals surface area contributed by atoms with E-state index in [4.69, 9.17) is 20.9 Å². The number of fused-ring (bicyclic) bond motifs is 2. The summed E-state index contributed by atoms with van der Waals surface area (Å²) in [5, 5.41) is 0. The van der Waals surface area contributed by atoms with E-state index in [0.717, 1.165) is 12.8 Å². The fraction of sp³-hybridized carbons (Fsp3) is 0.440. The maximum Gasteiger partial charge on any atom is 0.261 e. The zero-order chi connectivity index (χ0) is 23.5. The highest BCUT2D eigenvalue weighted by atomic mass is 19.1. The molecule has 3 heterocycles. The minimum absolute atomic E-state index is 0.166. The van der Waals surface area contributed by atoms with Gasteiger partial charge in [-0.15, -0.1) is 0 Å². The number of benzene rings is 2. The minimum Gasteiger partial charge on any atom is -0.490 e. The van der Waals surface area contributed by atoms with Gasteiger partial charge in [-0.25, -0.2) is 9.38 Å². The molecule has 1 amide bonds. The van der Waals surface area contributed by atoms with Gasteiger partial charge in [-0.05, 0) is 62.6 Å².